The Bertz CT molecular complexity index is 910. The number of nitrogens with one attached hydrogen (secondary N) is 2. The molecule has 0 aliphatic carbocycles. The number of sulfonamides is 1. The summed E-state index contributed by atoms with van der Waals surface area (Å²) in [6.07, 6.45) is 1.47. The minimum absolute atomic E-state index is 0.0632. The fraction of sp³-hybridized carbons (Fsp3) is 0.400. The Balaban J connectivity index is 2.36. The van der Waals surface area contributed by atoms with Crippen molar-refractivity contribution in [1.29, 1.82) is 0 Å². The van der Waals surface area contributed by atoms with Gasteiger partial charge in [-0.3, -0.25) is 14.7 Å². The standard InChI is InChI=1S/C15H21N5O4S2/c1-15(2,3)8-20(4)26(23,24)11-7-9(12(16)21)14(25-11)18-13(22)10-5-6-17-19-10/h5-7H,8H2,1-4H3,(H2,16,21)(H,17,19)(H,18,22). The maximum Gasteiger partial charge on any atom is 0.276 e. The first-order valence-corrected chi connectivity index (χ1v) is 9.88. The summed E-state index contributed by atoms with van der Waals surface area (Å²) < 4.78 is 26.7. The first-order chi connectivity index (χ1) is 11.9. The fourth-order valence-corrected chi connectivity index (χ4v) is 5.21. The highest BCUT2D eigenvalue weighted by Gasteiger charge is 2.29. The van der Waals surface area contributed by atoms with E-state index in [0.29, 0.717) is 0 Å². The molecule has 26 heavy (non-hydrogen) atoms. The molecule has 0 unspecified atom stereocenters. The molecule has 2 rings (SSSR count). The van der Waals surface area contributed by atoms with Gasteiger partial charge in [-0.25, -0.2) is 8.42 Å². The number of thiophene rings is 1. The average Bonchev–Trinajstić information content (AvgIpc) is 3.14. The highest BCUT2D eigenvalue weighted by molar-refractivity contribution is 7.91. The van der Waals surface area contributed by atoms with E-state index in [0.717, 1.165) is 11.3 Å². The van der Waals surface area contributed by atoms with Gasteiger partial charge in [0.2, 0.25) is 0 Å². The normalized spacial score (nSPS) is 12.3. The largest absolute Gasteiger partial charge is 0.366 e. The molecule has 0 aliphatic rings. The number of carbonyl (C=O) groups excluding carboxylic acids is 2. The lowest BCUT2D eigenvalue weighted by atomic mass is 9.97. The Labute approximate surface area is 155 Å². The molecule has 2 heterocycles. The van der Waals surface area contributed by atoms with Crippen LogP contribution in [-0.4, -0.2) is 48.3 Å². The number of nitrogens with zero attached hydrogens (tertiary/aromatic N) is 2. The van der Waals surface area contributed by atoms with Gasteiger partial charge in [-0.05, 0) is 17.5 Å². The van der Waals surface area contributed by atoms with Crippen molar-refractivity contribution >= 4 is 38.2 Å². The Morgan fingerprint density at radius 3 is 2.54 bits per heavy atom. The minimum atomic E-state index is -3.83. The van der Waals surface area contributed by atoms with Crippen LogP contribution in [0.2, 0.25) is 0 Å². The molecule has 2 aromatic heterocycles. The van der Waals surface area contributed by atoms with Gasteiger partial charge in [-0.1, -0.05) is 20.8 Å². The molecule has 0 bridgehead atoms. The number of aromatic nitrogens is 2. The second-order valence-electron chi connectivity index (χ2n) is 6.91. The Morgan fingerprint density at radius 2 is 2.04 bits per heavy atom. The molecular formula is C15H21N5O4S2. The van der Waals surface area contributed by atoms with Gasteiger partial charge in [-0.15, -0.1) is 11.3 Å². The van der Waals surface area contributed by atoms with E-state index >= 15 is 0 Å². The molecule has 142 valence electrons. The van der Waals surface area contributed by atoms with Crippen LogP contribution in [0.15, 0.2) is 22.5 Å². The van der Waals surface area contributed by atoms with E-state index in [2.05, 4.69) is 15.5 Å². The van der Waals surface area contributed by atoms with Crippen molar-refractivity contribution in [2.75, 3.05) is 18.9 Å². The van der Waals surface area contributed by atoms with Crippen LogP contribution >= 0.6 is 11.3 Å². The van der Waals surface area contributed by atoms with Gasteiger partial charge >= 0.3 is 0 Å². The third kappa shape index (κ3) is 4.48. The van der Waals surface area contributed by atoms with Crippen LogP contribution in [0, 0.1) is 5.41 Å². The van der Waals surface area contributed by atoms with E-state index in [-0.39, 0.29) is 32.4 Å². The number of aromatic amines is 1. The van der Waals surface area contributed by atoms with Gasteiger partial charge in [0.15, 0.2) is 0 Å². The van der Waals surface area contributed by atoms with Crippen LogP contribution in [0.4, 0.5) is 5.00 Å². The molecule has 0 saturated carbocycles. The highest BCUT2D eigenvalue weighted by atomic mass is 32.2. The van der Waals surface area contributed by atoms with Gasteiger partial charge in [0.25, 0.3) is 21.8 Å². The van der Waals surface area contributed by atoms with Crippen LogP contribution in [-0.2, 0) is 10.0 Å². The summed E-state index contributed by atoms with van der Waals surface area (Å²) in [6.45, 7) is 6.03. The van der Waals surface area contributed by atoms with E-state index in [1.54, 1.807) is 0 Å². The highest BCUT2D eigenvalue weighted by Crippen LogP contribution is 2.33. The summed E-state index contributed by atoms with van der Waals surface area (Å²) in [7, 11) is -2.36. The fourth-order valence-electron chi connectivity index (χ4n) is 2.23. The van der Waals surface area contributed by atoms with Crippen molar-refractivity contribution in [2.45, 2.75) is 25.0 Å². The van der Waals surface area contributed by atoms with E-state index in [1.165, 1.54) is 29.7 Å². The van der Waals surface area contributed by atoms with Crippen molar-refractivity contribution < 1.29 is 18.0 Å². The zero-order valence-electron chi connectivity index (χ0n) is 14.9. The minimum Gasteiger partial charge on any atom is -0.366 e. The molecule has 9 nitrogen and oxygen atoms in total. The predicted octanol–water partition coefficient (Wildman–Crippen LogP) is 1.49. The van der Waals surface area contributed by atoms with Crippen molar-refractivity contribution in [3.05, 3.63) is 29.6 Å². The third-order valence-electron chi connectivity index (χ3n) is 3.30. The van der Waals surface area contributed by atoms with Crippen LogP contribution in [0.3, 0.4) is 0 Å². The number of amides is 2. The number of carbonyl (C=O) groups is 2. The first-order valence-electron chi connectivity index (χ1n) is 7.63. The van der Waals surface area contributed by atoms with Crippen LogP contribution in [0.25, 0.3) is 0 Å². The second kappa shape index (κ2) is 7.17. The number of primary amides is 1. The summed E-state index contributed by atoms with van der Waals surface area (Å²) in [5.74, 6) is -1.42. The van der Waals surface area contributed by atoms with E-state index < -0.39 is 21.8 Å². The summed E-state index contributed by atoms with van der Waals surface area (Å²) in [6, 6.07) is 2.63. The predicted molar refractivity (Wildman–Crippen MR) is 98.6 cm³/mol. The Hall–Kier alpha value is -2.24. The van der Waals surface area contributed by atoms with Gasteiger partial charge in [0.05, 0.1) is 5.56 Å². The number of rotatable bonds is 6. The van der Waals surface area contributed by atoms with Gasteiger partial charge in [0.1, 0.15) is 14.9 Å². The molecule has 0 spiro atoms. The summed E-state index contributed by atoms with van der Waals surface area (Å²) in [5.41, 5.74) is 5.11. The number of hydrogen-bond donors (Lipinski definition) is 3. The zero-order chi connectivity index (χ0) is 19.7. The van der Waals surface area contributed by atoms with E-state index in [4.69, 9.17) is 5.73 Å². The first kappa shape index (κ1) is 20.1. The van der Waals surface area contributed by atoms with Crippen LogP contribution in [0.1, 0.15) is 41.6 Å². The molecule has 0 radical (unpaired) electrons. The Morgan fingerprint density at radius 1 is 1.38 bits per heavy atom. The van der Waals surface area contributed by atoms with Crippen molar-refractivity contribution in [1.82, 2.24) is 14.5 Å². The maximum atomic E-state index is 12.8. The third-order valence-corrected chi connectivity index (χ3v) is 6.60. The lowest BCUT2D eigenvalue weighted by molar-refractivity contribution is 0.100. The monoisotopic (exact) mass is 399 g/mol. The van der Waals surface area contributed by atoms with Crippen LogP contribution < -0.4 is 11.1 Å². The van der Waals surface area contributed by atoms with E-state index in [1.807, 2.05) is 20.8 Å². The second-order valence-corrected chi connectivity index (χ2v) is 10.2. The lowest BCUT2D eigenvalue weighted by Gasteiger charge is -2.25. The maximum absolute atomic E-state index is 12.8. The van der Waals surface area contributed by atoms with Gasteiger partial charge < -0.3 is 11.1 Å². The average molecular weight is 399 g/mol. The molecule has 0 aliphatic heterocycles. The number of nitrogens with two attached hydrogens (primary N) is 1. The molecule has 2 aromatic rings. The van der Waals surface area contributed by atoms with Crippen molar-refractivity contribution in [2.24, 2.45) is 11.1 Å². The molecule has 0 fully saturated rings. The quantitative estimate of drug-likeness (QED) is 0.675. The molecule has 4 N–H and O–H groups in total. The summed E-state index contributed by atoms with van der Waals surface area (Å²) in [4.78, 5) is 23.8. The number of H-pyrrole nitrogens is 1. The Kier molecular flexibility index (Phi) is 5.54. The SMILES string of the molecule is CN(CC(C)(C)C)S(=O)(=O)c1cc(C(N)=O)c(NC(=O)c2cc[nH]n2)s1. The smallest absolute Gasteiger partial charge is 0.276 e. The van der Waals surface area contributed by atoms with Crippen LogP contribution in [0.5, 0.6) is 0 Å². The molecule has 11 heteroatoms. The van der Waals surface area contributed by atoms with Gasteiger partial charge in [-0.2, -0.15) is 9.40 Å². The molecule has 2 amide bonds. The van der Waals surface area contributed by atoms with E-state index in [9.17, 15) is 18.0 Å². The molecule has 0 saturated heterocycles. The summed E-state index contributed by atoms with van der Waals surface area (Å²) >= 11 is 0.774. The van der Waals surface area contributed by atoms with Crippen molar-refractivity contribution in [3.8, 4) is 0 Å². The number of anilines is 1. The zero-order valence-corrected chi connectivity index (χ0v) is 16.5. The molecular weight excluding hydrogens is 378 g/mol. The van der Waals surface area contributed by atoms with Crippen molar-refractivity contribution in [3.63, 3.8) is 0 Å². The van der Waals surface area contributed by atoms with Gasteiger partial charge in [0, 0.05) is 19.8 Å². The molecule has 0 atom stereocenters. The topological polar surface area (TPSA) is 138 Å². The number of hydrogen-bond acceptors (Lipinski definition) is 6. The lowest BCUT2D eigenvalue weighted by Crippen LogP contribution is -2.34. The summed E-state index contributed by atoms with van der Waals surface area (Å²) in [5, 5.41) is 8.78. The molecule has 0 aromatic carbocycles.